The van der Waals surface area contributed by atoms with Crippen LogP contribution in [0.25, 0.3) is 5.69 Å². The molecule has 0 aliphatic carbocycles. The van der Waals surface area contributed by atoms with Crippen LogP contribution in [-0.4, -0.2) is 46.5 Å². The Balaban J connectivity index is 2.11. The second-order valence-corrected chi connectivity index (χ2v) is 6.02. The molecule has 1 aromatic carbocycles. The predicted octanol–water partition coefficient (Wildman–Crippen LogP) is 1.90. The SMILES string of the molecule is COC(CNC(=O)Cc1c(C)nn(-c2ccc(Cl)cc2)c1C)C(=O)O. The maximum Gasteiger partial charge on any atom is 0.334 e. The van der Waals surface area contributed by atoms with Crippen LogP contribution in [0.3, 0.4) is 0 Å². The van der Waals surface area contributed by atoms with Crippen LogP contribution in [0, 0.1) is 13.8 Å². The summed E-state index contributed by atoms with van der Waals surface area (Å²) in [6, 6.07) is 7.25. The summed E-state index contributed by atoms with van der Waals surface area (Å²) in [7, 11) is 1.29. The zero-order chi connectivity index (χ0) is 18.6. The van der Waals surface area contributed by atoms with Crippen molar-refractivity contribution in [2.24, 2.45) is 0 Å². The molecule has 134 valence electrons. The van der Waals surface area contributed by atoms with Crippen LogP contribution < -0.4 is 5.32 Å². The Kier molecular flexibility index (Phi) is 6.17. The van der Waals surface area contributed by atoms with Crippen LogP contribution in [0.15, 0.2) is 24.3 Å². The number of carboxylic acids is 1. The summed E-state index contributed by atoms with van der Waals surface area (Å²) in [6.07, 6.45) is -0.954. The molecule has 1 unspecified atom stereocenters. The third kappa shape index (κ3) is 4.58. The molecule has 0 bridgehead atoms. The molecule has 1 heterocycles. The first kappa shape index (κ1) is 19.0. The number of halogens is 1. The highest BCUT2D eigenvalue weighted by molar-refractivity contribution is 6.30. The summed E-state index contributed by atoms with van der Waals surface area (Å²) in [5.74, 6) is -1.41. The van der Waals surface area contributed by atoms with Crippen molar-refractivity contribution < 1.29 is 19.4 Å². The van der Waals surface area contributed by atoms with Crippen molar-refractivity contribution in [3.63, 3.8) is 0 Å². The van der Waals surface area contributed by atoms with Crippen molar-refractivity contribution in [2.45, 2.75) is 26.4 Å². The van der Waals surface area contributed by atoms with E-state index in [0.29, 0.717) is 5.02 Å². The topological polar surface area (TPSA) is 93.5 Å². The first-order valence-electron chi connectivity index (χ1n) is 7.66. The molecule has 0 saturated heterocycles. The van der Waals surface area contributed by atoms with E-state index in [2.05, 4.69) is 10.4 Å². The quantitative estimate of drug-likeness (QED) is 0.781. The molecule has 25 heavy (non-hydrogen) atoms. The van der Waals surface area contributed by atoms with Crippen molar-refractivity contribution >= 4 is 23.5 Å². The lowest BCUT2D eigenvalue weighted by molar-refractivity contribution is -0.148. The Hall–Kier alpha value is -2.38. The van der Waals surface area contributed by atoms with Crippen molar-refractivity contribution in [3.05, 3.63) is 46.2 Å². The summed E-state index contributed by atoms with van der Waals surface area (Å²) in [5, 5.41) is 16.6. The standard InChI is InChI=1S/C17H20ClN3O4/c1-10-14(8-16(22)19-9-15(25-3)17(23)24)11(2)21(20-10)13-6-4-12(18)5-7-13/h4-7,15H,8-9H2,1-3H3,(H,19,22)(H,23,24). The van der Waals surface area contributed by atoms with Gasteiger partial charge in [0.15, 0.2) is 6.10 Å². The first-order chi connectivity index (χ1) is 11.8. The highest BCUT2D eigenvalue weighted by Gasteiger charge is 2.19. The molecule has 2 N–H and O–H groups in total. The Morgan fingerprint density at radius 1 is 1.32 bits per heavy atom. The lowest BCUT2D eigenvalue weighted by Gasteiger charge is -2.11. The molecule has 0 saturated carbocycles. The molecule has 8 heteroatoms. The number of ether oxygens (including phenoxy) is 1. The fourth-order valence-electron chi connectivity index (χ4n) is 2.47. The Labute approximate surface area is 150 Å². The molecule has 0 aliphatic heterocycles. The Bertz CT molecular complexity index is 771. The molecule has 1 atom stereocenters. The van der Waals surface area contributed by atoms with E-state index in [-0.39, 0.29) is 18.9 Å². The van der Waals surface area contributed by atoms with Crippen LogP contribution in [-0.2, 0) is 20.7 Å². The monoisotopic (exact) mass is 365 g/mol. The van der Waals surface area contributed by atoms with Gasteiger partial charge in [0.25, 0.3) is 0 Å². The number of hydrogen-bond acceptors (Lipinski definition) is 4. The molecule has 0 spiro atoms. The molecular formula is C17H20ClN3O4. The lowest BCUT2D eigenvalue weighted by Crippen LogP contribution is -2.38. The normalized spacial score (nSPS) is 12.0. The average molecular weight is 366 g/mol. The molecular weight excluding hydrogens is 346 g/mol. The molecule has 2 rings (SSSR count). The Morgan fingerprint density at radius 2 is 1.96 bits per heavy atom. The molecule has 1 amide bonds. The van der Waals surface area contributed by atoms with Gasteiger partial charge in [-0.25, -0.2) is 9.48 Å². The van der Waals surface area contributed by atoms with Gasteiger partial charge in [0, 0.05) is 23.4 Å². The zero-order valence-electron chi connectivity index (χ0n) is 14.2. The molecule has 7 nitrogen and oxygen atoms in total. The fourth-order valence-corrected chi connectivity index (χ4v) is 2.59. The van der Waals surface area contributed by atoms with E-state index in [4.69, 9.17) is 21.4 Å². The molecule has 0 fully saturated rings. The summed E-state index contributed by atoms with van der Waals surface area (Å²) in [6.45, 7) is 3.62. The number of methoxy groups -OCH3 is 1. The number of carbonyl (C=O) groups is 2. The number of rotatable bonds is 7. The van der Waals surface area contributed by atoms with E-state index < -0.39 is 12.1 Å². The lowest BCUT2D eigenvalue weighted by atomic mass is 10.1. The van der Waals surface area contributed by atoms with Crippen molar-refractivity contribution in [3.8, 4) is 5.69 Å². The Morgan fingerprint density at radius 3 is 2.52 bits per heavy atom. The van der Waals surface area contributed by atoms with Gasteiger partial charge in [-0.15, -0.1) is 0 Å². The van der Waals surface area contributed by atoms with Crippen molar-refractivity contribution in [1.29, 1.82) is 0 Å². The van der Waals surface area contributed by atoms with Gasteiger partial charge < -0.3 is 15.2 Å². The second kappa shape index (κ2) is 8.13. The van der Waals surface area contributed by atoms with Crippen molar-refractivity contribution in [1.82, 2.24) is 15.1 Å². The second-order valence-electron chi connectivity index (χ2n) is 5.58. The maximum absolute atomic E-state index is 12.1. The van der Waals surface area contributed by atoms with E-state index in [1.807, 2.05) is 26.0 Å². The van der Waals surface area contributed by atoms with Crippen LogP contribution in [0.5, 0.6) is 0 Å². The summed E-state index contributed by atoms with van der Waals surface area (Å²) in [4.78, 5) is 23.0. The minimum absolute atomic E-state index is 0.0892. The van der Waals surface area contributed by atoms with Crippen LogP contribution in [0.4, 0.5) is 0 Å². The number of carbonyl (C=O) groups excluding carboxylic acids is 1. The van der Waals surface area contributed by atoms with Crippen LogP contribution >= 0.6 is 11.6 Å². The van der Waals surface area contributed by atoms with E-state index in [0.717, 1.165) is 22.6 Å². The fraction of sp³-hybridized carbons (Fsp3) is 0.353. The number of amides is 1. The highest BCUT2D eigenvalue weighted by Crippen LogP contribution is 2.20. The average Bonchev–Trinajstić information content (AvgIpc) is 2.84. The minimum Gasteiger partial charge on any atom is -0.479 e. The summed E-state index contributed by atoms with van der Waals surface area (Å²) >= 11 is 5.90. The number of carboxylic acid groups (broad SMARTS) is 1. The van der Waals surface area contributed by atoms with Crippen LogP contribution in [0.2, 0.25) is 5.02 Å². The number of nitrogens with one attached hydrogen (secondary N) is 1. The van der Waals surface area contributed by atoms with Crippen molar-refractivity contribution in [2.75, 3.05) is 13.7 Å². The summed E-state index contributed by atoms with van der Waals surface area (Å²) < 4.78 is 6.54. The van der Waals surface area contributed by atoms with Gasteiger partial charge in [0.1, 0.15) is 0 Å². The van der Waals surface area contributed by atoms with Gasteiger partial charge in [-0.05, 0) is 38.1 Å². The molecule has 2 aromatic rings. The summed E-state index contributed by atoms with van der Waals surface area (Å²) in [5.41, 5.74) is 3.24. The number of hydrogen-bond donors (Lipinski definition) is 2. The van der Waals surface area contributed by atoms with Gasteiger partial charge in [-0.1, -0.05) is 11.6 Å². The number of nitrogens with zero attached hydrogens (tertiary/aromatic N) is 2. The highest BCUT2D eigenvalue weighted by atomic mass is 35.5. The molecule has 0 radical (unpaired) electrons. The number of benzene rings is 1. The first-order valence-corrected chi connectivity index (χ1v) is 8.04. The van der Waals surface area contributed by atoms with Gasteiger partial charge >= 0.3 is 5.97 Å². The van der Waals surface area contributed by atoms with E-state index >= 15 is 0 Å². The van der Waals surface area contributed by atoms with Gasteiger partial charge in [0.05, 0.1) is 24.3 Å². The van der Waals surface area contributed by atoms with Crippen LogP contribution in [0.1, 0.15) is 17.0 Å². The largest absolute Gasteiger partial charge is 0.479 e. The zero-order valence-corrected chi connectivity index (χ0v) is 15.0. The maximum atomic E-state index is 12.1. The number of aliphatic carboxylic acids is 1. The number of aryl methyl sites for hydroxylation is 1. The van der Waals surface area contributed by atoms with E-state index in [1.54, 1.807) is 16.8 Å². The van der Waals surface area contributed by atoms with E-state index in [9.17, 15) is 9.59 Å². The number of aromatic nitrogens is 2. The molecule has 0 aliphatic rings. The minimum atomic E-state index is -1.12. The van der Waals surface area contributed by atoms with Gasteiger partial charge in [-0.2, -0.15) is 5.10 Å². The van der Waals surface area contributed by atoms with Gasteiger partial charge in [-0.3, -0.25) is 4.79 Å². The third-order valence-corrected chi connectivity index (χ3v) is 4.15. The van der Waals surface area contributed by atoms with E-state index in [1.165, 1.54) is 7.11 Å². The van der Waals surface area contributed by atoms with Gasteiger partial charge in [0.2, 0.25) is 5.91 Å². The predicted molar refractivity (Wildman–Crippen MR) is 93.2 cm³/mol. The smallest absolute Gasteiger partial charge is 0.334 e. The molecule has 1 aromatic heterocycles. The third-order valence-electron chi connectivity index (χ3n) is 3.89.